The van der Waals surface area contributed by atoms with E-state index in [1.165, 1.54) is 18.2 Å². The number of hydrogen-bond acceptors (Lipinski definition) is 5. The second kappa shape index (κ2) is 10.1. The van der Waals surface area contributed by atoms with Gasteiger partial charge in [0.1, 0.15) is 0 Å². The summed E-state index contributed by atoms with van der Waals surface area (Å²) in [5.41, 5.74) is 3.98. The number of halogens is 1. The van der Waals surface area contributed by atoms with Gasteiger partial charge >= 0.3 is 0 Å². The molecular weight excluding hydrogens is 424 g/mol. The van der Waals surface area contributed by atoms with Crippen molar-refractivity contribution >= 4 is 38.9 Å². The number of para-hydroxylation sites is 1. The van der Waals surface area contributed by atoms with Crippen molar-refractivity contribution in [3.05, 3.63) is 59.1 Å². The van der Waals surface area contributed by atoms with Crippen LogP contribution in [0.15, 0.2) is 58.5 Å². The molecule has 0 spiro atoms. The maximum Gasteiger partial charge on any atom is 0.271 e. The number of hydrazone groups is 1. The van der Waals surface area contributed by atoms with E-state index in [9.17, 15) is 13.2 Å². The number of piperidine rings is 1. The lowest BCUT2D eigenvalue weighted by atomic mass is 10.1. The molecule has 1 heterocycles. The molecule has 0 aliphatic carbocycles. The smallest absolute Gasteiger partial charge is 0.271 e. The first-order chi connectivity index (χ1) is 14.4. The Morgan fingerprint density at radius 1 is 1.13 bits per heavy atom. The monoisotopic (exact) mass is 448 g/mol. The van der Waals surface area contributed by atoms with Gasteiger partial charge in [-0.3, -0.25) is 9.52 Å². The van der Waals surface area contributed by atoms with Gasteiger partial charge in [0.05, 0.1) is 15.6 Å². The highest BCUT2D eigenvalue weighted by molar-refractivity contribution is 7.92. The summed E-state index contributed by atoms with van der Waals surface area (Å²) in [4.78, 5) is 14.8. The molecule has 9 heteroatoms. The van der Waals surface area contributed by atoms with Crippen LogP contribution in [-0.4, -0.2) is 44.6 Å². The first kappa shape index (κ1) is 22.3. The van der Waals surface area contributed by atoms with Crippen LogP contribution < -0.4 is 10.1 Å². The molecule has 1 amide bonds. The fourth-order valence-corrected chi connectivity index (χ4v) is 4.57. The highest BCUT2D eigenvalue weighted by Gasteiger charge is 2.18. The van der Waals surface area contributed by atoms with Crippen molar-refractivity contribution in [2.24, 2.45) is 5.10 Å². The molecule has 1 saturated heterocycles. The normalized spacial score (nSPS) is 14.9. The molecular formula is C21H25ClN4O3S. The molecule has 0 unspecified atom stereocenters. The molecule has 0 atom stereocenters. The van der Waals surface area contributed by atoms with Crippen molar-refractivity contribution in [3.8, 4) is 0 Å². The zero-order valence-corrected chi connectivity index (χ0v) is 18.3. The van der Waals surface area contributed by atoms with E-state index in [4.69, 9.17) is 11.6 Å². The summed E-state index contributed by atoms with van der Waals surface area (Å²) in [6, 6.07) is 12.4. The lowest BCUT2D eigenvalue weighted by Gasteiger charge is -2.26. The molecule has 0 bridgehead atoms. The topological polar surface area (TPSA) is 90.9 Å². The van der Waals surface area contributed by atoms with Crippen LogP contribution in [0.25, 0.3) is 0 Å². The van der Waals surface area contributed by atoms with Gasteiger partial charge in [-0.15, -0.1) is 0 Å². The molecule has 7 nitrogen and oxygen atoms in total. The van der Waals surface area contributed by atoms with Crippen LogP contribution >= 0.6 is 11.6 Å². The molecule has 0 saturated carbocycles. The van der Waals surface area contributed by atoms with Gasteiger partial charge in [-0.1, -0.05) is 36.7 Å². The Balaban J connectivity index is 1.67. The van der Waals surface area contributed by atoms with Crippen LogP contribution in [-0.2, 0) is 10.0 Å². The Bertz CT molecular complexity index is 1030. The summed E-state index contributed by atoms with van der Waals surface area (Å²) in [7, 11) is -3.89. The minimum absolute atomic E-state index is 0.0319. The van der Waals surface area contributed by atoms with E-state index >= 15 is 0 Å². The van der Waals surface area contributed by atoms with Crippen LogP contribution in [0, 0.1) is 0 Å². The van der Waals surface area contributed by atoms with E-state index in [0.717, 1.165) is 44.6 Å². The Morgan fingerprint density at radius 2 is 1.87 bits per heavy atom. The van der Waals surface area contributed by atoms with Crippen molar-refractivity contribution in [2.75, 3.05) is 24.4 Å². The number of carbonyl (C=O) groups is 1. The van der Waals surface area contributed by atoms with E-state index < -0.39 is 15.9 Å². The van der Waals surface area contributed by atoms with Crippen molar-refractivity contribution in [2.45, 2.75) is 31.1 Å². The van der Waals surface area contributed by atoms with Crippen LogP contribution in [0.3, 0.4) is 0 Å². The first-order valence-corrected chi connectivity index (χ1v) is 11.7. The van der Waals surface area contributed by atoms with E-state index in [0.29, 0.717) is 0 Å². The van der Waals surface area contributed by atoms with E-state index in [1.807, 2.05) is 0 Å². The fraction of sp³-hybridized carbons (Fsp3) is 0.333. The average Bonchev–Trinajstić information content (AvgIpc) is 2.75. The van der Waals surface area contributed by atoms with Crippen LogP contribution in [0.2, 0.25) is 5.02 Å². The molecule has 30 heavy (non-hydrogen) atoms. The number of carbonyl (C=O) groups excluding carboxylic acids is 1. The molecule has 160 valence electrons. The lowest BCUT2D eigenvalue weighted by Crippen LogP contribution is -2.35. The molecule has 2 N–H and O–H groups in total. The van der Waals surface area contributed by atoms with E-state index in [2.05, 4.69) is 27.1 Å². The number of likely N-dealkylation sites (tertiary alicyclic amines) is 1. The highest BCUT2D eigenvalue weighted by atomic mass is 35.5. The van der Waals surface area contributed by atoms with Gasteiger partial charge in [-0.2, -0.15) is 5.10 Å². The van der Waals surface area contributed by atoms with Gasteiger partial charge in [0, 0.05) is 37.2 Å². The molecule has 3 rings (SSSR count). The van der Waals surface area contributed by atoms with Crippen LogP contribution in [0.1, 0.15) is 36.5 Å². The number of anilines is 1. The third-order valence-electron chi connectivity index (χ3n) is 4.81. The highest BCUT2D eigenvalue weighted by Crippen LogP contribution is 2.24. The van der Waals surface area contributed by atoms with Crippen molar-refractivity contribution in [1.82, 2.24) is 10.3 Å². The van der Waals surface area contributed by atoms with Crippen molar-refractivity contribution < 1.29 is 13.2 Å². The molecule has 1 fully saturated rings. The molecule has 1 aliphatic rings. The van der Waals surface area contributed by atoms with Crippen LogP contribution in [0.5, 0.6) is 0 Å². The summed E-state index contributed by atoms with van der Waals surface area (Å²) in [6.45, 7) is 5.10. The number of hydrogen-bond donors (Lipinski definition) is 2. The number of amides is 1. The summed E-state index contributed by atoms with van der Waals surface area (Å²) in [6.07, 6.45) is 2.75. The van der Waals surface area contributed by atoms with Gasteiger partial charge in [0.15, 0.2) is 0 Å². The number of benzene rings is 2. The summed E-state index contributed by atoms with van der Waals surface area (Å²) in [5, 5.41) is 4.52. The molecule has 0 radical (unpaired) electrons. The molecule has 0 aromatic heterocycles. The molecule has 2 aromatic carbocycles. The quantitative estimate of drug-likeness (QED) is 0.631. The third kappa shape index (κ3) is 5.81. The second-order valence-electron chi connectivity index (χ2n) is 7.07. The zero-order chi connectivity index (χ0) is 21.6. The van der Waals surface area contributed by atoms with Gasteiger partial charge in [-0.25, -0.2) is 13.8 Å². The van der Waals surface area contributed by atoms with Crippen molar-refractivity contribution in [1.29, 1.82) is 0 Å². The average molecular weight is 449 g/mol. The number of rotatable bonds is 7. The molecule has 2 aromatic rings. The van der Waals surface area contributed by atoms with E-state index in [-0.39, 0.29) is 21.2 Å². The SMILES string of the molecule is CCCN1CCC(=NNC(=O)c2cccc(S(=O)(=O)Nc3ccccc3Cl)c2)CC1. The van der Waals surface area contributed by atoms with Crippen molar-refractivity contribution in [3.63, 3.8) is 0 Å². The Kier molecular flexibility index (Phi) is 7.47. The van der Waals surface area contributed by atoms with E-state index in [1.54, 1.807) is 30.3 Å². The second-order valence-corrected chi connectivity index (χ2v) is 9.16. The lowest BCUT2D eigenvalue weighted by molar-refractivity contribution is 0.0954. The maximum atomic E-state index is 12.7. The number of sulfonamides is 1. The number of nitrogens with zero attached hydrogens (tertiary/aromatic N) is 2. The summed E-state index contributed by atoms with van der Waals surface area (Å²) >= 11 is 6.03. The van der Waals surface area contributed by atoms with Gasteiger partial charge in [-0.05, 0) is 43.3 Å². The minimum Gasteiger partial charge on any atom is -0.303 e. The fourth-order valence-electron chi connectivity index (χ4n) is 3.21. The summed E-state index contributed by atoms with van der Waals surface area (Å²) < 4.78 is 27.8. The largest absolute Gasteiger partial charge is 0.303 e. The van der Waals surface area contributed by atoms with Gasteiger partial charge in [0.25, 0.3) is 15.9 Å². The maximum absolute atomic E-state index is 12.7. The van der Waals surface area contributed by atoms with Crippen LogP contribution in [0.4, 0.5) is 5.69 Å². The third-order valence-corrected chi connectivity index (χ3v) is 6.51. The summed E-state index contributed by atoms with van der Waals surface area (Å²) in [5.74, 6) is -0.451. The zero-order valence-electron chi connectivity index (χ0n) is 16.8. The number of nitrogens with one attached hydrogen (secondary N) is 2. The van der Waals surface area contributed by atoms with Gasteiger partial charge in [0.2, 0.25) is 0 Å². The first-order valence-electron chi connectivity index (χ1n) is 9.84. The Morgan fingerprint density at radius 3 is 2.57 bits per heavy atom. The Labute approximate surface area is 182 Å². The Hall–Kier alpha value is -2.42. The predicted octanol–water partition coefficient (Wildman–Crippen LogP) is 3.73. The predicted molar refractivity (Wildman–Crippen MR) is 120 cm³/mol. The minimum atomic E-state index is -3.89. The molecule has 1 aliphatic heterocycles. The standard InChI is InChI=1S/C21H25ClN4O3S/c1-2-12-26-13-10-17(11-14-26)23-24-21(27)16-6-5-7-18(15-16)30(28,29)25-20-9-4-3-8-19(20)22/h3-9,15,25H,2,10-14H2,1H3,(H,24,27). The van der Waals surface area contributed by atoms with Gasteiger partial charge < -0.3 is 4.90 Å².